The van der Waals surface area contributed by atoms with Gasteiger partial charge in [0, 0.05) is 6.04 Å². The summed E-state index contributed by atoms with van der Waals surface area (Å²) in [5.74, 6) is -0.0608. The van der Waals surface area contributed by atoms with E-state index in [9.17, 15) is 9.59 Å². The standard InChI is InChI=1S/C15H31N3O2/c1-4-5-6-10-14(17-12-19)15(20)18-13(2)9-7-8-11-16-3/h12-14,16H,4-11H2,1-3H3,(H,17,19)(H,18,20). The van der Waals surface area contributed by atoms with E-state index >= 15 is 0 Å². The van der Waals surface area contributed by atoms with Crippen molar-refractivity contribution in [3.63, 3.8) is 0 Å². The number of carbonyl (C=O) groups excluding carboxylic acids is 2. The maximum Gasteiger partial charge on any atom is 0.242 e. The summed E-state index contributed by atoms with van der Waals surface area (Å²) in [6.45, 7) is 5.14. The fraction of sp³-hybridized carbons (Fsp3) is 0.867. The monoisotopic (exact) mass is 285 g/mol. The van der Waals surface area contributed by atoms with E-state index < -0.39 is 0 Å². The van der Waals surface area contributed by atoms with E-state index in [1.54, 1.807) is 0 Å². The van der Waals surface area contributed by atoms with Crippen molar-refractivity contribution in [3.8, 4) is 0 Å². The molecule has 2 amide bonds. The smallest absolute Gasteiger partial charge is 0.242 e. The van der Waals surface area contributed by atoms with E-state index in [1.165, 1.54) is 0 Å². The van der Waals surface area contributed by atoms with Crippen LogP contribution in [0.2, 0.25) is 0 Å². The normalized spacial score (nSPS) is 13.6. The minimum absolute atomic E-state index is 0.0608. The predicted octanol–water partition coefficient (Wildman–Crippen LogP) is 1.58. The third-order valence-electron chi connectivity index (χ3n) is 3.38. The lowest BCUT2D eigenvalue weighted by Gasteiger charge is -2.19. The molecular weight excluding hydrogens is 254 g/mol. The molecule has 0 aliphatic carbocycles. The van der Waals surface area contributed by atoms with Crippen LogP contribution in [-0.2, 0) is 9.59 Å². The Balaban J connectivity index is 3.99. The minimum Gasteiger partial charge on any atom is -0.352 e. The van der Waals surface area contributed by atoms with Crippen LogP contribution in [0, 0.1) is 0 Å². The molecule has 0 saturated carbocycles. The van der Waals surface area contributed by atoms with Crippen molar-refractivity contribution in [2.24, 2.45) is 0 Å². The average Bonchev–Trinajstić information content (AvgIpc) is 2.43. The Labute approximate surface area is 123 Å². The third kappa shape index (κ3) is 9.78. The second kappa shape index (κ2) is 12.9. The van der Waals surface area contributed by atoms with Crippen molar-refractivity contribution in [2.75, 3.05) is 13.6 Å². The molecule has 0 spiro atoms. The highest BCUT2D eigenvalue weighted by molar-refractivity contribution is 5.83. The zero-order valence-corrected chi connectivity index (χ0v) is 13.2. The molecule has 118 valence electrons. The van der Waals surface area contributed by atoms with E-state index in [0.717, 1.165) is 45.1 Å². The maximum absolute atomic E-state index is 12.1. The van der Waals surface area contributed by atoms with Gasteiger partial charge in [0.25, 0.3) is 0 Å². The van der Waals surface area contributed by atoms with Crippen molar-refractivity contribution in [1.82, 2.24) is 16.0 Å². The molecule has 0 aliphatic rings. The molecular formula is C15H31N3O2. The van der Waals surface area contributed by atoms with Gasteiger partial charge >= 0.3 is 0 Å². The van der Waals surface area contributed by atoms with Crippen LogP contribution in [0.3, 0.4) is 0 Å². The second-order valence-corrected chi connectivity index (χ2v) is 5.34. The number of unbranched alkanes of at least 4 members (excludes halogenated alkanes) is 3. The number of hydrogen-bond acceptors (Lipinski definition) is 3. The summed E-state index contributed by atoms with van der Waals surface area (Å²) in [5, 5.41) is 8.72. The van der Waals surface area contributed by atoms with Crippen LogP contribution in [0.4, 0.5) is 0 Å². The molecule has 0 aromatic heterocycles. The Hall–Kier alpha value is -1.10. The Bertz CT molecular complexity index is 260. The lowest BCUT2D eigenvalue weighted by atomic mass is 10.1. The summed E-state index contributed by atoms with van der Waals surface area (Å²) in [5.41, 5.74) is 0. The number of carbonyl (C=O) groups is 2. The molecule has 2 unspecified atom stereocenters. The van der Waals surface area contributed by atoms with E-state index in [4.69, 9.17) is 0 Å². The molecule has 0 aliphatic heterocycles. The van der Waals surface area contributed by atoms with Gasteiger partial charge in [0.15, 0.2) is 0 Å². The molecule has 5 heteroatoms. The average molecular weight is 285 g/mol. The first-order valence-electron chi connectivity index (χ1n) is 7.80. The van der Waals surface area contributed by atoms with Gasteiger partial charge < -0.3 is 16.0 Å². The van der Waals surface area contributed by atoms with Gasteiger partial charge in [-0.15, -0.1) is 0 Å². The predicted molar refractivity (Wildman–Crippen MR) is 82.5 cm³/mol. The molecule has 2 atom stereocenters. The van der Waals surface area contributed by atoms with Crippen LogP contribution >= 0.6 is 0 Å². The lowest BCUT2D eigenvalue weighted by Crippen LogP contribution is -2.46. The number of nitrogens with one attached hydrogen (secondary N) is 3. The van der Waals surface area contributed by atoms with Crippen molar-refractivity contribution in [1.29, 1.82) is 0 Å². The van der Waals surface area contributed by atoms with Crippen molar-refractivity contribution in [3.05, 3.63) is 0 Å². The van der Waals surface area contributed by atoms with Gasteiger partial charge in [-0.1, -0.05) is 32.6 Å². The van der Waals surface area contributed by atoms with Gasteiger partial charge in [0.05, 0.1) is 0 Å². The quantitative estimate of drug-likeness (QED) is 0.355. The van der Waals surface area contributed by atoms with E-state index in [2.05, 4.69) is 22.9 Å². The van der Waals surface area contributed by atoms with Crippen LogP contribution in [0.1, 0.15) is 58.8 Å². The first-order chi connectivity index (χ1) is 9.65. The highest BCUT2D eigenvalue weighted by Crippen LogP contribution is 2.05. The van der Waals surface area contributed by atoms with E-state index in [-0.39, 0.29) is 18.0 Å². The Morgan fingerprint density at radius 1 is 1.15 bits per heavy atom. The third-order valence-corrected chi connectivity index (χ3v) is 3.38. The topological polar surface area (TPSA) is 70.2 Å². The van der Waals surface area contributed by atoms with Gasteiger partial charge in [-0.25, -0.2) is 0 Å². The zero-order chi connectivity index (χ0) is 15.2. The van der Waals surface area contributed by atoms with Crippen LogP contribution < -0.4 is 16.0 Å². The molecule has 0 bridgehead atoms. The molecule has 0 rings (SSSR count). The van der Waals surface area contributed by atoms with Gasteiger partial charge in [-0.05, 0) is 39.8 Å². The Morgan fingerprint density at radius 3 is 2.45 bits per heavy atom. The minimum atomic E-state index is -0.390. The summed E-state index contributed by atoms with van der Waals surface area (Å²) in [7, 11) is 1.94. The van der Waals surface area contributed by atoms with Crippen LogP contribution in [0.25, 0.3) is 0 Å². The first kappa shape index (κ1) is 18.9. The molecule has 0 radical (unpaired) electrons. The van der Waals surface area contributed by atoms with Gasteiger partial charge in [-0.3, -0.25) is 9.59 Å². The Kier molecular flexibility index (Phi) is 12.2. The van der Waals surface area contributed by atoms with Gasteiger partial charge in [-0.2, -0.15) is 0 Å². The van der Waals surface area contributed by atoms with Gasteiger partial charge in [0.1, 0.15) is 6.04 Å². The summed E-state index contributed by atoms with van der Waals surface area (Å²) < 4.78 is 0. The van der Waals surface area contributed by atoms with Crippen molar-refractivity contribution >= 4 is 12.3 Å². The summed E-state index contributed by atoms with van der Waals surface area (Å²) in [4.78, 5) is 22.7. The molecule has 0 saturated heterocycles. The number of amides is 2. The lowest BCUT2D eigenvalue weighted by molar-refractivity contribution is -0.126. The van der Waals surface area contributed by atoms with Crippen LogP contribution in [0.5, 0.6) is 0 Å². The van der Waals surface area contributed by atoms with Gasteiger partial charge in [0.2, 0.25) is 12.3 Å². The molecule has 0 aromatic carbocycles. The molecule has 5 nitrogen and oxygen atoms in total. The SMILES string of the molecule is CCCCCC(NC=O)C(=O)NC(C)CCCCNC. The second-order valence-electron chi connectivity index (χ2n) is 5.34. The van der Waals surface area contributed by atoms with Crippen LogP contribution in [0.15, 0.2) is 0 Å². The Morgan fingerprint density at radius 2 is 1.85 bits per heavy atom. The zero-order valence-electron chi connectivity index (χ0n) is 13.2. The first-order valence-corrected chi connectivity index (χ1v) is 7.80. The van der Waals surface area contributed by atoms with Crippen molar-refractivity contribution < 1.29 is 9.59 Å². The molecule has 0 aromatic rings. The largest absolute Gasteiger partial charge is 0.352 e. The molecule has 0 heterocycles. The van der Waals surface area contributed by atoms with E-state index in [0.29, 0.717) is 12.8 Å². The maximum atomic E-state index is 12.1. The highest BCUT2D eigenvalue weighted by Gasteiger charge is 2.18. The summed E-state index contributed by atoms with van der Waals surface area (Å²) in [6, 6.07) is -0.236. The fourth-order valence-corrected chi connectivity index (χ4v) is 2.14. The molecule has 3 N–H and O–H groups in total. The van der Waals surface area contributed by atoms with Crippen LogP contribution in [-0.4, -0.2) is 38.0 Å². The summed E-state index contributed by atoms with van der Waals surface area (Å²) >= 11 is 0. The van der Waals surface area contributed by atoms with Crippen molar-refractivity contribution in [2.45, 2.75) is 70.9 Å². The number of hydrogen-bond donors (Lipinski definition) is 3. The molecule has 20 heavy (non-hydrogen) atoms. The molecule has 0 fully saturated rings. The number of rotatable bonds is 13. The van der Waals surface area contributed by atoms with E-state index in [1.807, 2.05) is 14.0 Å². The fourth-order valence-electron chi connectivity index (χ4n) is 2.14. The highest BCUT2D eigenvalue weighted by atomic mass is 16.2. The summed E-state index contributed by atoms with van der Waals surface area (Å²) in [6.07, 6.45) is 7.66.